The van der Waals surface area contributed by atoms with Gasteiger partial charge in [0.2, 0.25) is 0 Å². The first kappa shape index (κ1) is 13.0. The van der Waals surface area contributed by atoms with Gasteiger partial charge in [0.15, 0.2) is 0 Å². The molecule has 1 atom stereocenters. The highest BCUT2D eigenvalue weighted by Gasteiger charge is 2.19. The van der Waals surface area contributed by atoms with Crippen molar-refractivity contribution in [3.05, 3.63) is 46.5 Å². The van der Waals surface area contributed by atoms with Crippen LogP contribution in [-0.2, 0) is 0 Å². The Kier molecular flexibility index (Phi) is 3.78. The van der Waals surface area contributed by atoms with Crippen molar-refractivity contribution >= 4 is 23.2 Å². The fourth-order valence-electron chi connectivity index (χ4n) is 2.52. The molecule has 5 heteroatoms. The predicted molar refractivity (Wildman–Crippen MR) is 78.2 cm³/mol. The summed E-state index contributed by atoms with van der Waals surface area (Å²) in [5.74, 6) is 0. The third-order valence-electron chi connectivity index (χ3n) is 3.52. The van der Waals surface area contributed by atoms with Gasteiger partial charge in [0, 0.05) is 11.7 Å². The van der Waals surface area contributed by atoms with Gasteiger partial charge < -0.3 is 9.88 Å². The summed E-state index contributed by atoms with van der Waals surface area (Å²) >= 11 is 12.0. The first-order valence-corrected chi connectivity index (χ1v) is 7.22. The fraction of sp³-hybridized carbons (Fsp3) is 0.357. The Morgan fingerprint density at radius 3 is 2.84 bits per heavy atom. The molecular formula is C14H15Cl2N3. The second-order valence-electron chi connectivity index (χ2n) is 4.79. The summed E-state index contributed by atoms with van der Waals surface area (Å²) in [6.07, 6.45) is 7.39. The minimum Gasteiger partial charge on any atom is -0.309 e. The summed E-state index contributed by atoms with van der Waals surface area (Å²) in [4.78, 5) is 4.27. The Labute approximate surface area is 122 Å². The summed E-state index contributed by atoms with van der Waals surface area (Å²) in [6.45, 7) is 1.07. The minimum atomic E-state index is 0.366. The molecule has 0 saturated carbocycles. The van der Waals surface area contributed by atoms with E-state index < -0.39 is 0 Å². The van der Waals surface area contributed by atoms with Crippen molar-refractivity contribution in [3.63, 3.8) is 0 Å². The molecule has 19 heavy (non-hydrogen) atoms. The van der Waals surface area contributed by atoms with Crippen molar-refractivity contribution in [3.8, 4) is 5.69 Å². The molecule has 0 radical (unpaired) electrons. The molecular weight excluding hydrogens is 281 g/mol. The molecule has 1 unspecified atom stereocenters. The van der Waals surface area contributed by atoms with E-state index in [9.17, 15) is 0 Å². The van der Waals surface area contributed by atoms with Crippen LogP contribution in [0, 0.1) is 0 Å². The lowest BCUT2D eigenvalue weighted by Gasteiger charge is -2.24. The van der Waals surface area contributed by atoms with Crippen LogP contribution < -0.4 is 5.32 Å². The Hall–Kier alpha value is -1.03. The van der Waals surface area contributed by atoms with Crippen LogP contribution in [0.5, 0.6) is 0 Å². The molecule has 0 bridgehead atoms. The molecule has 3 rings (SSSR count). The van der Waals surface area contributed by atoms with E-state index in [4.69, 9.17) is 23.2 Å². The van der Waals surface area contributed by atoms with Crippen LogP contribution in [0.25, 0.3) is 5.69 Å². The molecule has 1 saturated heterocycles. The number of imidazole rings is 1. The molecule has 1 aliphatic heterocycles. The van der Waals surface area contributed by atoms with Crippen LogP contribution >= 0.6 is 23.2 Å². The van der Waals surface area contributed by atoms with E-state index in [-0.39, 0.29) is 0 Å². The van der Waals surface area contributed by atoms with Crippen LogP contribution in [0.4, 0.5) is 0 Å². The standard InChI is InChI=1S/C14H15Cl2N3/c15-11-5-4-10(7-12(11)16)19-9-17-8-14(19)13-3-1-2-6-18-13/h4-5,7-9,13,18H,1-3,6H2. The van der Waals surface area contributed by atoms with Crippen LogP contribution in [0.2, 0.25) is 10.0 Å². The lowest BCUT2D eigenvalue weighted by Crippen LogP contribution is -2.28. The molecule has 0 aliphatic carbocycles. The number of piperidine rings is 1. The van der Waals surface area contributed by atoms with E-state index in [1.165, 1.54) is 18.5 Å². The minimum absolute atomic E-state index is 0.366. The molecule has 1 N–H and O–H groups in total. The molecule has 1 aromatic heterocycles. The smallest absolute Gasteiger partial charge is 0.0994 e. The van der Waals surface area contributed by atoms with Gasteiger partial charge in [-0.1, -0.05) is 29.6 Å². The van der Waals surface area contributed by atoms with Crippen molar-refractivity contribution in [2.45, 2.75) is 25.3 Å². The third kappa shape index (κ3) is 2.64. The van der Waals surface area contributed by atoms with E-state index in [0.29, 0.717) is 16.1 Å². The maximum Gasteiger partial charge on any atom is 0.0994 e. The van der Waals surface area contributed by atoms with Crippen LogP contribution in [0.3, 0.4) is 0 Å². The highest BCUT2D eigenvalue weighted by Crippen LogP contribution is 2.28. The summed E-state index contributed by atoms with van der Waals surface area (Å²) in [6, 6.07) is 6.02. The second-order valence-corrected chi connectivity index (χ2v) is 5.60. The number of halogens is 2. The molecule has 1 fully saturated rings. The molecule has 100 valence electrons. The zero-order valence-corrected chi connectivity index (χ0v) is 12.0. The number of nitrogens with one attached hydrogen (secondary N) is 1. The fourth-order valence-corrected chi connectivity index (χ4v) is 2.81. The van der Waals surface area contributed by atoms with Crippen molar-refractivity contribution in [1.82, 2.24) is 14.9 Å². The highest BCUT2D eigenvalue weighted by molar-refractivity contribution is 6.42. The SMILES string of the molecule is Clc1ccc(-n2cncc2C2CCCCN2)cc1Cl. The Bertz CT molecular complexity index is 574. The zero-order chi connectivity index (χ0) is 13.2. The summed E-state index contributed by atoms with van der Waals surface area (Å²) in [7, 11) is 0. The van der Waals surface area contributed by atoms with Gasteiger partial charge in [-0.15, -0.1) is 0 Å². The lowest BCUT2D eigenvalue weighted by molar-refractivity contribution is 0.402. The molecule has 0 amide bonds. The van der Waals surface area contributed by atoms with E-state index in [0.717, 1.165) is 18.7 Å². The number of aromatic nitrogens is 2. The van der Waals surface area contributed by atoms with Crippen molar-refractivity contribution in [2.24, 2.45) is 0 Å². The zero-order valence-electron chi connectivity index (χ0n) is 10.4. The lowest BCUT2D eigenvalue weighted by atomic mass is 10.0. The monoisotopic (exact) mass is 295 g/mol. The highest BCUT2D eigenvalue weighted by atomic mass is 35.5. The normalized spacial score (nSPS) is 19.6. The molecule has 1 aromatic carbocycles. The summed E-state index contributed by atoms with van der Waals surface area (Å²) in [5, 5.41) is 4.68. The van der Waals surface area contributed by atoms with Gasteiger partial charge in [-0.3, -0.25) is 0 Å². The van der Waals surface area contributed by atoms with Gasteiger partial charge in [-0.25, -0.2) is 4.98 Å². The van der Waals surface area contributed by atoms with E-state index in [1.807, 2.05) is 30.7 Å². The van der Waals surface area contributed by atoms with Crippen molar-refractivity contribution in [1.29, 1.82) is 0 Å². The number of nitrogens with zero attached hydrogens (tertiary/aromatic N) is 2. The van der Waals surface area contributed by atoms with Crippen LogP contribution in [-0.4, -0.2) is 16.1 Å². The van der Waals surface area contributed by atoms with Gasteiger partial charge in [-0.05, 0) is 37.6 Å². The second kappa shape index (κ2) is 5.53. The molecule has 0 spiro atoms. The first-order valence-electron chi connectivity index (χ1n) is 6.47. The maximum atomic E-state index is 6.09. The van der Waals surface area contributed by atoms with Crippen LogP contribution in [0.15, 0.2) is 30.7 Å². The van der Waals surface area contributed by atoms with Gasteiger partial charge in [0.1, 0.15) is 0 Å². The van der Waals surface area contributed by atoms with Crippen molar-refractivity contribution in [2.75, 3.05) is 6.54 Å². The maximum absolute atomic E-state index is 6.09. The number of benzene rings is 1. The van der Waals surface area contributed by atoms with E-state index in [2.05, 4.69) is 14.9 Å². The average molecular weight is 296 g/mol. The molecule has 2 heterocycles. The van der Waals surface area contributed by atoms with Crippen molar-refractivity contribution < 1.29 is 0 Å². The van der Waals surface area contributed by atoms with E-state index >= 15 is 0 Å². The number of rotatable bonds is 2. The summed E-state index contributed by atoms with van der Waals surface area (Å²) < 4.78 is 2.07. The van der Waals surface area contributed by atoms with Crippen LogP contribution in [0.1, 0.15) is 31.0 Å². The largest absolute Gasteiger partial charge is 0.309 e. The quantitative estimate of drug-likeness (QED) is 0.908. The molecule has 2 aromatic rings. The van der Waals surface area contributed by atoms with Gasteiger partial charge in [-0.2, -0.15) is 0 Å². The van der Waals surface area contributed by atoms with Gasteiger partial charge in [0.25, 0.3) is 0 Å². The van der Waals surface area contributed by atoms with E-state index in [1.54, 1.807) is 0 Å². The Morgan fingerprint density at radius 1 is 1.21 bits per heavy atom. The number of hydrogen-bond donors (Lipinski definition) is 1. The molecule has 3 nitrogen and oxygen atoms in total. The number of hydrogen-bond acceptors (Lipinski definition) is 2. The first-order chi connectivity index (χ1) is 9.25. The third-order valence-corrected chi connectivity index (χ3v) is 4.25. The molecule has 1 aliphatic rings. The van der Waals surface area contributed by atoms with Gasteiger partial charge in [0.05, 0.1) is 28.3 Å². The Balaban J connectivity index is 1.96. The predicted octanol–water partition coefficient (Wildman–Crippen LogP) is 3.99. The Morgan fingerprint density at radius 2 is 2.11 bits per heavy atom. The van der Waals surface area contributed by atoms with Gasteiger partial charge >= 0.3 is 0 Å². The average Bonchev–Trinajstić information content (AvgIpc) is 2.92. The summed E-state index contributed by atoms with van der Waals surface area (Å²) in [5.41, 5.74) is 2.17. The topological polar surface area (TPSA) is 29.9 Å².